The highest BCUT2D eigenvalue weighted by Crippen LogP contribution is 2.32. The molecular formula is C13H22O4. The molecule has 0 aromatic carbocycles. The van der Waals surface area contributed by atoms with E-state index in [1.165, 1.54) is 0 Å². The van der Waals surface area contributed by atoms with Crippen molar-refractivity contribution in [1.82, 2.24) is 0 Å². The molecule has 0 spiro atoms. The number of ether oxygens (including phenoxy) is 2. The normalized spacial score (nSPS) is 24.5. The molecule has 0 heterocycles. The third-order valence-corrected chi connectivity index (χ3v) is 3.01. The average molecular weight is 242 g/mol. The fraction of sp³-hybridized carbons (Fsp3) is 0.846. The van der Waals surface area contributed by atoms with E-state index < -0.39 is 0 Å². The first-order chi connectivity index (χ1) is 8.06. The summed E-state index contributed by atoms with van der Waals surface area (Å²) in [4.78, 5) is 23.7. The zero-order valence-corrected chi connectivity index (χ0v) is 10.9. The van der Waals surface area contributed by atoms with Gasteiger partial charge >= 0.3 is 11.9 Å². The molecule has 0 amide bonds. The van der Waals surface area contributed by atoms with Gasteiger partial charge in [0.05, 0.1) is 24.5 Å². The smallest absolute Gasteiger partial charge is 0.310 e. The lowest BCUT2D eigenvalue weighted by Crippen LogP contribution is -2.35. The van der Waals surface area contributed by atoms with Crippen LogP contribution in [-0.2, 0) is 19.1 Å². The van der Waals surface area contributed by atoms with Gasteiger partial charge in [-0.3, -0.25) is 9.59 Å². The molecule has 4 heteroatoms. The molecule has 0 unspecified atom stereocenters. The van der Waals surface area contributed by atoms with E-state index in [0.717, 1.165) is 25.7 Å². The fourth-order valence-electron chi connectivity index (χ4n) is 2.26. The highest BCUT2D eigenvalue weighted by Gasteiger charge is 2.37. The van der Waals surface area contributed by atoms with Gasteiger partial charge in [-0.2, -0.15) is 0 Å². The summed E-state index contributed by atoms with van der Waals surface area (Å²) in [5.74, 6) is -1.13. The predicted molar refractivity (Wildman–Crippen MR) is 63.3 cm³/mol. The van der Waals surface area contributed by atoms with Gasteiger partial charge in [0.1, 0.15) is 0 Å². The van der Waals surface area contributed by atoms with Gasteiger partial charge in [-0.05, 0) is 33.6 Å². The van der Waals surface area contributed by atoms with Crippen LogP contribution in [0.3, 0.4) is 0 Å². The summed E-state index contributed by atoms with van der Waals surface area (Å²) in [6, 6.07) is 0. The van der Waals surface area contributed by atoms with E-state index in [1.54, 1.807) is 6.92 Å². The van der Waals surface area contributed by atoms with Crippen LogP contribution in [0, 0.1) is 11.8 Å². The second-order valence-corrected chi connectivity index (χ2v) is 4.74. The molecule has 4 nitrogen and oxygen atoms in total. The van der Waals surface area contributed by atoms with Crippen molar-refractivity contribution < 1.29 is 19.1 Å². The minimum absolute atomic E-state index is 0.132. The van der Waals surface area contributed by atoms with E-state index in [4.69, 9.17) is 9.47 Å². The second-order valence-electron chi connectivity index (χ2n) is 4.74. The standard InChI is InChI=1S/C13H22O4/c1-4-16-12(14)10-7-5-6-8-11(10)13(15)17-9(2)3/h9-11H,4-8H2,1-3H3/t10-,11+/m1/s1. The molecule has 98 valence electrons. The monoisotopic (exact) mass is 242 g/mol. The summed E-state index contributed by atoms with van der Waals surface area (Å²) in [7, 11) is 0. The molecule has 17 heavy (non-hydrogen) atoms. The van der Waals surface area contributed by atoms with Crippen LogP contribution in [0.5, 0.6) is 0 Å². The van der Waals surface area contributed by atoms with Crippen molar-refractivity contribution in [3.05, 3.63) is 0 Å². The Morgan fingerprint density at radius 1 is 1.12 bits per heavy atom. The third-order valence-electron chi connectivity index (χ3n) is 3.01. The molecule has 2 atom stereocenters. The Morgan fingerprint density at radius 3 is 2.12 bits per heavy atom. The van der Waals surface area contributed by atoms with Crippen LogP contribution in [-0.4, -0.2) is 24.6 Å². The summed E-state index contributed by atoms with van der Waals surface area (Å²) in [5, 5.41) is 0. The lowest BCUT2D eigenvalue weighted by Gasteiger charge is -2.28. The van der Waals surface area contributed by atoms with Crippen LogP contribution >= 0.6 is 0 Å². The molecule has 0 aliphatic heterocycles. The molecular weight excluding hydrogens is 220 g/mol. The molecule has 1 saturated carbocycles. The largest absolute Gasteiger partial charge is 0.466 e. The van der Waals surface area contributed by atoms with Gasteiger partial charge in [0.2, 0.25) is 0 Å². The van der Waals surface area contributed by atoms with E-state index in [9.17, 15) is 9.59 Å². The molecule has 0 saturated heterocycles. The van der Waals surface area contributed by atoms with E-state index in [2.05, 4.69) is 0 Å². The maximum Gasteiger partial charge on any atom is 0.310 e. The van der Waals surface area contributed by atoms with E-state index in [-0.39, 0.29) is 29.9 Å². The van der Waals surface area contributed by atoms with Gasteiger partial charge in [0, 0.05) is 0 Å². The summed E-state index contributed by atoms with van der Waals surface area (Å²) in [6.45, 7) is 5.78. The molecule has 0 radical (unpaired) electrons. The summed E-state index contributed by atoms with van der Waals surface area (Å²) in [5.41, 5.74) is 0. The van der Waals surface area contributed by atoms with E-state index >= 15 is 0 Å². The van der Waals surface area contributed by atoms with Crippen LogP contribution in [0.2, 0.25) is 0 Å². The zero-order valence-electron chi connectivity index (χ0n) is 10.9. The molecule has 0 N–H and O–H groups in total. The van der Waals surface area contributed by atoms with Gasteiger partial charge in [-0.15, -0.1) is 0 Å². The van der Waals surface area contributed by atoms with Crippen molar-refractivity contribution in [3.63, 3.8) is 0 Å². The van der Waals surface area contributed by atoms with Crippen LogP contribution in [0.4, 0.5) is 0 Å². The van der Waals surface area contributed by atoms with Crippen LogP contribution < -0.4 is 0 Å². The second kappa shape index (κ2) is 6.62. The van der Waals surface area contributed by atoms with Crippen LogP contribution in [0.25, 0.3) is 0 Å². The third kappa shape index (κ3) is 4.02. The van der Waals surface area contributed by atoms with E-state index in [1.807, 2.05) is 13.8 Å². The topological polar surface area (TPSA) is 52.6 Å². The maximum atomic E-state index is 11.9. The Morgan fingerprint density at radius 2 is 1.65 bits per heavy atom. The first kappa shape index (κ1) is 14.0. The highest BCUT2D eigenvalue weighted by atomic mass is 16.5. The first-order valence-electron chi connectivity index (χ1n) is 6.43. The molecule has 0 aromatic heterocycles. The zero-order chi connectivity index (χ0) is 12.8. The van der Waals surface area contributed by atoms with E-state index in [0.29, 0.717) is 6.61 Å². The van der Waals surface area contributed by atoms with Crippen LogP contribution in [0.15, 0.2) is 0 Å². The lowest BCUT2D eigenvalue weighted by atomic mass is 9.79. The number of carbonyl (C=O) groups is 2. The number of esters is 2. The average Bonchev–Trinajstić information content (AvgIpc) is 2.28. The molecule has 1 aliphatic rings. The van der Waals surface area contributed by atoms with Gasteiger partial charge < -0.3 is 9.47 Å². The van der Waals surface area contributed by atoms with Crippen molar-refractivity contribution >= 4 is 11.9 Å². The number of hydrogen-bond donors (Lipinski definition) is 0. The molecule has 0 bridgehead atoms. The van der Waals surface area contributed by atoms with Gasteiger partial charge in [-0.1, -0.05) is 12.8 Å². The van der Waals surface area contributed by atoms with Crippen molar-refractivity contribution in [2.24, 2.45) is 11.8 Å². The first-order valence-corrected chi connectivity index (χ1v) is 6.43. The van der Waals surface area contributed by atoms with Gasteiger partial charge in [0.15, 0.2) is 0 Å². The predicted octanol–water partition coefficient (Wildman–Crippen LogP) is 2.31. The molecule has 0 aromatic rings. The van der Waals surface area contributed by atoms with Crippen molar-refractivity contribution in [2.75, 3.05) is 6.61 Å². The van der Waals surface area contributed by atoms with Gasteiger partial charge in [0.25, 0.3) is 0 Å². The minimum Gasteiger partial charge on any atom is -0.466 e. The maximum absolute atomic E-state index is 11.9. The Bertz CT molecular complexity index is 273. The Hall–Kier alpha value is -1.06. The number of carbonyl (C=O) groups excluding carboxylic acids is 2. The molecule has 1 aliphatic carbocycles. The number of hydrogen-bond acceptors (Lipinski definition) is 4. The molecule has 1 rings (SSSR count). The molecule has 1 fully saturated rings. The fourth-order valence-corrected chi connectivity index (χ4v) is 2.26. The van der Waals surface area contributed by atoms with Crippen molar-refractivity contribution in [2.45, 2.75) is 52.6 Å². The highest BCUT2D eigenvalue weighted by molar-refractivity contribution is 5.82. The van der Waals surface area contributed by atoms with Crippen molar-refractivity contribution in [1.29, 1.82) is 0 Å². The van der Waals surface area contributed by atoms with Crippen molar-refractivity contribution in [3.8, 4) is 0 Å². The quantitative estimate of drug-likeness (QED) is 0.710. The Kier molecular flexibility index (Phi) is 5.45. The Labute approximate surface area is 103 Å². The van der Waals surface area contributed by atoms with Crippen LogP contribution in [0.1, 0.15) is 46.5 Å². The SMILES string of the molecule is CCOC(=O)[C@@H]1CCCC[C@@H]1C(=O)OC(C)C. The van der Waals surface area contributed by atoms with Gasteiger partial charge in [-0.25, -0.2) is 0 Å². The summed E-state index contributed by atoms with van der Waals surface area (Å²) >= 11 is 0. The lowest BCUT2D eigenvalue weighted by molar-refractivity contribution is -0.164. The summed E-state index contributed by atoms with van der Waals surface area (Å²) in [6.07, 6.45) is 3.29. The number of rotatable bonds is 4. The summed E-state index contributed by atoms with van der Waals surface area (Å²) < 4.78 is 10.2. The Balaban J connectivity index is 2.65. The minimum atomic E-state index is -0.315.